The minimum absolute atomic E-state index is 0.0515. The monoisotopic (exact) mass is 1010 g/mol. The fourth-order valence-corrected chi connectivity index (χ4v) is 15.7. The molecule has 6 amide bonds. The molecule has 0 spiro atoms. The van der Waals surface area contributed by atoms with Crippen LogP contribution in [0.15, 0.2) is 36.4 Å². The van der Waals surface area contributed by atoms with E-state index in [1.807, 2.05) is 0 Å². The molecule has 12 nitrogen and oxygen atoms in total. The van der Waals surface area contributed by atoms with Gasteiger partial charge in [0.05, 0.1) is 115 Å². The molecule has 0 fully saturated rings. The quantitative estimate of drug-likeness (QED) is 0.0559. The van der Waals surface area contributed by atoms with Gasteiger partial charge in [0.25, 0.3) is 35.4 Å². The Balaban J connectivity index is 0.878. The Bertz CT molecular complexity index is 2760. The van der Waals surface area contributed by atoms with E-state index in [4.69, 9.17) is 0 Å². The number of nitrogens with zero attached hydrogens (tertiary/aromatic N) is 6. The van der Waals surface area contributed by atoms with Gasteiger partial charge in [0.1, 0.15) is 0 Å². The van der Waals surface area contributed by atoms with E-state index in [0.29, 0.717) is 53.0 Å². The molecule has 12 heteroatoms. The molecule has 75 heavy (non-hydrogen) atoms. The van der Waals surface area contributed by atoms with Crippen molar-refractivity contribution >= 4 is 35.4 Å². The molecular formula is C63H75N6O6+3. The number of unbranched alkanes of at least 4 members (excludes halogenated alkanes) is 3. The van der Waals surface area contributed by atoms with Gasteiger partial charge in [-0.05, 0) is 182 Å². The first-order valence-electron chi connectivity index (χ1n) is 28.6. The molecular weight excluding hydrogens is 937 g/mol. The zero-order valence-corrected chi connectivity index (χ0v) is 45.8. The van der Waals surface area contributed by atoms with E-state index in [9.17, 15) is 28.8 Å². The number of benzene rings is 4. The van der Waals surface area contributed by atoms with Crippen LogP contribution in [0.1, 0.15) is 243 Å². The third-order valence-electron chi connectivity index (χ3n) is 20.8. The van der Waals surface area contributed by atoms with Crippen molar-refractivity contribution < 1.29 is 42.2 Å². The average Bonchev–Trinajstić information content (AvgIpc) is 4.30. The lowest BCUT2D eigenvalue weighted by molar-refractivity contribution is -0.888. The Kier molecular flexibility index (Phi) is 11.0. The largest absolute Gasteiger partial charge is 0.329 e. The molecule has 6 bridgehead atoms. The van der Waals surface area contributed by atoms with Gasteiger partial charge < -0.3 is 13.4 Å². The molecule has 0 radical (unpaired) electrons. The highest BCUT2D eigenvalue weighted by atomic mass is 16.2. The van der Waals surface area contributed by atoms with Gasteiger partial charge in [-0.1, -0.05) is 0 Å². The zero-order chi connectivity index (χ0) is 52.5. The molecule has 6 aliphatic carbocycles. The number of amides is 6. The van der Waals surface area contributed by atoms with Crippen LogP contribution in [-0.4, -0.2) is 165 Å². The fraction of sp³-hybridized carbons (Fsp3) is 0.524. The highest BCUT2D eigenvalue weighted by Gasteiger charge is 2.58. The summed E-state index contributed by atoms with van der Waals surface area (Å²) in [7, 11) is 13.3. The van der Waals surface area contributed by atoms with E-state index in [0.717, 1.165) is 144 Å². The van der Waals surface area contributed by atoms with Crippen molar-refractivity contribution in [3.63, 3.8) is 0 Å². The van der Waals surface area contributed by atoms with Crippen molar-refractivity contribution in [3.8, 4) is 0 Å². The van der Waals surface area contributed by atoms with Gasteiger partial charge in [-0.25, -0.2) is 0 Å². The topological polar surface area (TPSA) is 112 Å². The van der Waals surface area contributed by atoms with Gasteiger partial charge in [-0.15, -0.1) is 0 Å². The number of carbonyl (C=O) groups excluding carboxylic acids is 6. The summed E-state index contributed by atoms with van der Waals surface area (Å²) in [5.74, 6) is -0.796. The molecule has 13 rings (SSSR count). The second kappa shape index (κ2) is 16.8. The third-order valence-corrected chi connectivity index (χ3v) is 20.8. The standard InChI is InChI=1S/C63H75N6O6/c1-10-67(4,5)22-16-13-19-64-58(70)46-25-34-35(26-47(46)59(64)71)41-31-40(34)52-53(41)55-43-33-45(39-30-51-49(28-37(39)43)61(73)66(63(51)75)21-15-18-24-69(8,9)12-3)57(55)56-44-32-42(54(52)56)36-27-48-50(29-38(36)44)62(74)65(60(48)72)20-14-17-23-68(6,7)11-2/h25-30,40-45H,10-24,31-33H2,1-9H3/q+3/t40-,41+,42+,43-,44-,45+. The summed E-state index contributed by atoms with van der Waals surface area (Å²) in [4.78, 5) is 89.9. The number of fused-ring (bicyclic) bond motifs is 30. The van der Waals surface area contributed by atoms with E-state index < -0.39 is 0 Å². The van der Waals surface area contributed by atoms with Crippen molar-refractivity contribution in [3.05, 3.63) is 137 Å². The van der Waals surface area contributed by atoms with Gasteiger partial charge in [-0.2, -0.15) is 0 Å². The van der Waals surface area contributed by atoms with Crippen molar-refractivity contribution in [2.75, 3.05) is 101 Å². The van der Waals surface area contributed by atoms with E-state index in [-0.39, 0.29) is 71.0 Å². The minimum Gasteiger partial charge on any atom is -0.329 e. The molecule has 0 unspecified atom stereocenters. The van der Waals surface area contributed by atoms with Crippen LogP contribution in [0.4, 0.5) is 0 Å². The lowest BCUT2D eigenvalue weighted by atomic mass is 9.68. The molecule has 0 saturated carbocycles. The molecule has 3 aliphatic heterocycles. The van der Waals surface area contributed by atoms with Crippen LogP contribution in [0.25, 0.3) is 0 Å². The predicted molar refractivity (Wildman–Crippen MR) is 287 cm³/mol. The second-order valence-electron chi connectivity index (χ2n) is 25.9. The van der Waals surface area contributed by atoms with Crippen molar-refractivity contribution in [2.45, 2.75) is 114 Å². The summed E-state index contributed by atoms with van der Waals surface area (Å²) in [5.41, 5.74) is 18.4. The first-order chi connectivity index (χ1) is 35.8. The SMILES string of the molecule is CC[N+](C)(C)CCCCN1C(=O)c2cc3c(cc2C1=O)[C@@H]1C[C@H]3c2c3c(c4c(c21)[C@@H]1C[C@H]4c2cc4c(cc21)C(=O)N(CCCC[N+](C)(C)CC)C4=O)[C@@H]1C[C@H]3c2cc3c(cc21)C(=O)N(CCCC[N+](C)(C)CC)C3=O. The molecule has 4 aromatic rings. The maximum atomic E-state index is 14.2. The number of quaternary nitrogens is 3. The molecule has 0 saturated heterocycles. The van der Waals surface area contributed by atoms with Crippen LogP contribution in [-0.2, 0) is 0 Å². The highest BCUT2D eigenvalue weighted by molar-refractivity contribution is 6.23. The first-order valence-corrected chi connectivity index (χ1v) is 28.6. The number of hydrogen-bond donors (Lipinski definition) is 0. The normalized spacial score (nSPS) is 23.7. The van der Waals surface area contributed by atoms with E-state index in [1.165, 1.54) is 48.1 Å². The van der Waals surface area contributed by atoms with Crippen LogP contribution < -0.4 is 0 Å². The van der Waals surface area contributed by atoms with Gasteiger partial charge in [-0.3, -0.25) is 43.5 Å². The molecule has 6 atom stereocenters. The second-order valence-corrected chi connectivity index (χ2v) is 25.9. The Hall–Kier alpha value is -5.82. The van der Waals surface area contributed by atoms with E-state index in [1.54, 1.807) is 0 Å². The molecule has 0 N–H and O–H groups in total. The van der Waals surface area contributed by atoms with Crippen LogP contribution in [0.3, 0.4) is 0 Å². The lowest BCUT2D eigenvalue weighted by Gasteiger charge is -2.35. The highest BCUT2D eigenvalue weighted by Crippen LogP contribution is 2.72. The molecule has 9 aliphatic rings. The summed E-state index contributed by atoms with van der Waals surface area (Å²) in [6.45, 7) is 13.8. The van der Waals surface area contributed by atoms with Gasteiger partial charge in [0.2, 0.25) is 0 Å². The summed E-state index contributed by atoms with van der Waals surface area (Å²) < 4.78 is 2.70. The minimum atomic E-state index is -0.184. The average molecular weight is 1010 g/mol. The van der Waals surface area contributed by atoms with Crippen molar-refractivity contribution in [1.82, 2.24) is 14.7 Å². The maximum Gasteiger partial charge on any atom is 0.261 e. The van der Waals surface area contributed by atoms with Crippen LogP contribution in [0.5, 0.6) is 0 Å². The number of hydrogen-bond acceptors (Lipinski definition) is 6. The summed E-state index contributed by atoms with van der Waals surface area (Å²) >= 11 is 0. The Labute approximate surface area is 442 Å². The Morgan fingerprint density at radius 3 is 0.693 bits per heavy atom. The predicted octanol–water partition coefficient (Wildman–Crippen LogP) is 9.05. The molecule has 390 valence electrons. The summed E-state index contributed by atoms with van der Waals surface area (Å²) in [6.07, 6.45) is 7.74. The van der Waals surface area contributed by atoms with Crippen molar-refractivity contribution in [2.24, 2.45) is 0 Å². The number of carbonyl (C=O) groups is 6. The van der Waals surface area contributed by atoms with Crippen LogP contribution in [0, 0.1) is 0 Å². The number of rotatable bonds is 18. The van der Waals surface area contributed by atoms with Crippen LogP contribution in [0.2, 0.25) is 0 Å². The smallest absolute Gasteiger partial charge is 0.261 e. The number of imide groups is 3. The lowest BCUT2D eigenvalue weighted by Crippen LogP contribution is -2.40. The van der Waals surface area contributed by atoms with E-state index in [2.05, 4.69) is 99.5 Å². The maximum absolute atomic E-state index is 14.2. The first kappa shape index (κ1) is 48.8. The van der Waals surface area contributed by atoms with E-state index >= 15 is 0 Å². The Morgan fingerprint density at radius 2 is 0.520 bits per heavy atom. The molecule has 4 aromatic carbocycles. The van der Waals surface area contributed by atoms with Crippen LogP contribution >= 0.6 is 0 Å². The van der Waals surface area contributed by atoms with Gasteiger partial charge >= 0.3 is 0 Å². The summed E-state index contributed by atoms with van der Waals surface area (Å²) in [5, 5.41) is 0. The molecule has 3 heterocycles. The van der Waals surface area contributed by atoms with Gasteiger partial charge in [0, 0.05) is 55.1 Å². The fourth-order valence-electron chi connectivity index (χ4n) is 15.7. The zero-order valence-electron chi connectivity index (χ0n) is 45.8. The summed E-state index contributed by atoms with van der Waals surface area (Å²) in [6, 6.07) is 12.5. The Morgan fingerprint density at radius 1 is 0.333 bits per heavy atom. The third kappa shape index (κ3) is 6.96. The van der Waals surface area contributed by atoms with Crippen molar-refractivity contribution in [1.29, 1.82) is 0 Å². The molecule has 0 aromatic heterocycles. The van der Waals surface area contributed by atoms with Gasteiger partial charge in [0.15, 0.2) is 0 Å².